The third kappa shape index (κ3) is 2.48. The van der Waals surface area contributed by atoms with E-state index in [-0.39, 0.29) is 4.92 Å². The Balaban J connectivity index is 2.49. The number of hydrogen-bond acceptors (Lipinski definition) is 5. The number of nitro groups is 1. The van der Waals surface area contributed by atoms with E-state index < -0.39 is 30.0 Å². The summed E-state index contributed by atoms with van der Waals surface area (Å²) in [6, 6.07) is 4.70. The molecule has 0 aromatic heterocycles. The van der Waals surface area contributed by atoms with Crippen molar-refractivity contribution in [3.63, 3.8) is 0 Å². The predicted octanol–water partition coefficient (Wildman–Crippen LogP) is 1.60. The molecule has 6 nitrogen and oxygen atoms in total. The lowest BCUT2D eigenvalue weighted by atomic mass is 9.87. The van der Waals surface area contributed by atoms with Gasteiger partial charge in [0.25, 0.3) is 0 Å². The molecular weight excluding hydrogens is 284 g/mol. The average molecular weight is 299 g/mol. The summed E-state index contributed by atoms with van der Waals surface area (Å²) >= 11 is 6.13. The first-order valence-electron chi connectivity index (χ1n) is 6.19. The van der Waals surface area contributed by atoms with Crippen LogP contribution in [0.2, 0.25) is 5.02 Å². The summed E-state index contributed by atoms with van der Waals surface area (Å²) in [5.41, 5.74) is 0.586. The highest BCUT2D eigenvalue weighted by Gasteiger charge is 2.53. The molecule has 1 heterocycles. The summed E-state index contributed by atoms with van der Waals surface area (Å²) in [6.45, 7) is 1.68. The molecule has 2 rings (SSSR count). The minimum absolute atomic E-state index is 0.366. The average Bonchev–Trinajstić information content (AvgIpc) is 2.76. The highest BCUT2D eigenvalue weighted by Crippen LogP contribution is 2.37. The van der Waals surface area contributed by atoms with E-state index in [4.69, 9.17) is 16.3 Å². The number of nitrogens with zero attached hydrogens (tertiary/aromatic N) is 1. The third-order valence-corrected chi connectivity index (χ3v) is 3.99. The highest BCUT2D eigenvalue weighted by atomic mass is 35.5. The maximum absolute atomic E-state index is 11.9. The molecule has 1 fully saturated rings. The van der Waals surface area contributed by atoms with Crippen molar-refractivity contribution in [2.24, 2.45) is 0 Å². The van der Waals surface area contributed by atoms with Crippen LogP contribution in [0, 0.1) is 10.1 Å². The zero-order valence-corrected chi connectivity index (χ0v) is 11.8. The van der Waals surface area contributed by atoms with Gasteiger partial charge in [-0.05, 0) is 18.6 Å². The van der Waals surface area contributed by atoms with Crippen LogP contribution in [0.15, 0.2) is 24.3 Å². The molecule has 1 aromatic carbocycles. The summed E-state index contributed by atoms with van der Waals surface area (Å²) in [6.07, 6.45) is 0. The van der Waals surface area contributed by atoms with Crippen LogP contribution in [0.5, 0.6) is 0 Å². The molecule has 4 atom stereocenters. The van der Waals surface area contributed by atoms with Gasteiger partial charge in [0.2, 0.25) is 6.04 Å². The van der Waals surface area contributed by atoms with E-state index >= 15 is 0 Å². The number of carbonyl (C=O) groups is 1. The molecule has 0 spiro atoms. The summed E-state index contributed by atoms with van der Waals surface area (Å²) in [5.74, 6) is -1.17. The molecule has 1 N–H and O–H groups in total. The van der Waals surface area contributed by atoms with Gasteiger partial charge in [-0.15, -0.1) is 0 Å². The molecule has 1 saturated heterocycles. The van der Waals surface area contributed by atoms with E-state index in [2.05, 4.69) is 5.32 Å². The van der Waals surface area contributed by atoms with Gasteiger partial charge >= 0.3 is 5.97 Å². The topological polar surface area (TPSA) is 81.5 Å². The van der Waals surface area contributed by atoms with Crippen LogP contribution in [-0.2, 0) is 9.53 Å². The first kappa shape index (κ1) is 14.7. The summed E-state index contributed by atoms with van der Waals surface area (Å²) in [4.78, 5) is 22.8. The van der Waals surface area contributed by atoms with Crippen LogP contribution in [0.25, 0.3) is 0 Å². The first-order chi connectivity index (χ1) is 9.47. The fourth-order valence-corrected chi connectivity index (χ4v) is 3.02. The fourth-order valence-electron chi connectivity index (χ4n) is 2.76. The number of halogens is 1. The Morgan fingerprint density at radius 2 is 2.10 bits per heavy atom. The fraction of sp³-hybridized carbons (Fsp3) is 0.462. The zero-order valence-electron chi connectivity index (χ0n) is 11.1. The second-order valence-corrected chi connectivity index (χ2v) is 5.19. The molecule has 0 bridgehead atoms. The molecule has 0 unspecified atom stereocenters. The largest absolute Gasteiger partial charge is 0.468 e. The molecule has 0 radical (unpaired) electrons. The van der Waals surface area contributed by atoms with Crippen LogP contribution in [-0.4, -0.2) is 36.1 Å². The maximum atomic E-state index is 11.9. The van der Waals surface area contributed by atoms with Crippen molar-refractivity contribution in [3.05, 3.63) is 45.0 Å². The molecule has 0 amide bonds. The SMILES string of the molecule is COC(=O)[C@@H]1N[C@H](C)[C@@H]([N+](=O)[O-])[C@@H]1c1ccccc1Cl. The van der Waals surface area contributed by atoms with E-state index in [1.54, 1.807) is 31.2 Å². The van der Waals surface area contributed by atoms with Gasteiger partial charge in [-0.1, -0.05) is 29.8 Å². The second kappa shape index (κ2) is 5.76. The van der Waals surface area contributed by atoms with E-state index in [0.29, 0.717) is 10.6 Å². The number of methoxy groups -OCH3 is 1. The molecule has 1 aromatic rings. The van der Waals surface area contributed by atoms with Crippen molar-refractivity contribution in [2.75, 3.05) is 7.11 Å². The molecule has 20 heavy (non-hydrogen) atoms. The summed E-state index contributed by atoms with van der Waals surface area (Å²) in [7, 11) is 1.26. The minimum atomic E-state index is -0.931. The standard InChI is InChI=1S/C13H15ClN2O4/c1-7-12(16(18)19)10(11(15-7)13(17)20-2)8-5-3-4-6-9(8)14/h3-7,10-12,15H,1-2H3/t7-,10-,11-,12-/m1/s1. The van der Waals surface area contributed by atoms with Crippen molar-refractivity contribution in [1.29, 1.82) is 0 Å². The van der Waals surface area contributed by atoms with Gasteiger partial charge in [-0.3, -0.25) is 20.2 Å². The van der Waals surface area contributed by atoms with Crippen LogP contribution in [0.1, 0.15) is 18.4 Å². The lowest BCUT2D eigenvalue weighted by Gasteiger charge is -2.19. The number of nitrogens with one attached hydrogen (secondary N) is 1. The van der Waals surface area contributed by atoms with Crippen molar-refractivity contribution in [1.82, 2.24) is 5.32 Å². The van der Waals surface area contributed by atoms with E-state index in [1.165, 1.54) is 7.11 Å². The third-order valence-electron chi connectivity index (χ3n) is 3.64. The Labute approximate surface area is 121 Å². The summed E-state index contributed by atoms with van der Waals surface area (Å²) in [5, 5.41) is 14.7. The Hall–Kier alpha value is -1.66. The molecule has 0 aliphatic carbocycles. The van der Waals surface area contributed by atoms with E-state index in [1.807, 2.05) is 0 Å². The predicted molar refractivity (Wildman–Crippen MR) is 73.4 cm³/mol. The van der Waals surface area contributed by atoms with Gasteiger partial charge in [0, 0.05) is 9.95 Å². The number of benzene rings is 1. The number of hydrogen-bond donors (Lipinski definition) is 1. The second-order valence-electron chi connectivity index (χ2n) is 4.78. The van der Waals surface area contributed by atoms with E-state index in [0.717, 1.165) is 0 Å². The Morgan fingerprint density at radius 1 is 1.45 bits per heavy atom. The molecule has 7 heteroatoms. The first-order valence-corrected chi connectivity index (χ1v) is 6.57. The lowest BCUT2D eigenvalue weighted by Crippen LogP contribution is -2.37. The van der Waals surface area contributed by atoms with Gasteiger partial charge in [-0.2, -0.15) is 0 Å². The van der Waals surface area contributed by atoms with E-state index in [9.17, 15) is 14.9 Å². The molecular formula is C13H15ClN2O4. The number of carbonyl (C=O) groups excluding carboxylic acids is 1. The molecule has 0 saturated carbocycles. The smallest absolute Gasteiger partial charge is 0.323 e. The Bertz CT molecular complexity index is 537. The van der Waals surface area contributed by atoms with Crippen LogP contribution in [0.4, 0.5) is 0 Å². The molecule has 108 valence electrons. The normalized spacial score (nSPS) is 29.1. The summed E-state index contributed by atoms with van der Waals surface area (Å²) < 4.78 is 4.74. The van der Waals surface area contributed by atoms with Gasteiger partial charge in [0.15, 0.2) is 0 Å². The van der Waals surface area contributed by atoms with Crippen molar-refractivity contribution in [3.8, 4) is 0 Å². The van der Waals surface area contributed by atoms with Gasteiger partial charge in [-0.25, -0.2) is 0 Å². The van der Waals surface area contributed by atoms with Crippen LogP contribution >= 0.6 is 11.6 Å². The van der Waals surface area contributed by atoms with Crippen molar-refractivity contribution >= 4 is 17.6 Å². The van der Waals surface area contributed by atoms with Crippen LogP contribution in [0.3, 0.4) is 0 Å². The monoisotopic (exact) mass is 298 g/mol. The molecule has 1 aliphatic heterocycles. The Morgan fingerprint density at radius 3 is 2.65 bits per heavy atom. The van der Waals surface area contributed by atoms with Crippen LogP contribution < -0.4 is 5.32 Å². The highest BCUT2D eigenvalue weighted by molar-refractivity contribution is 6.31. The maximum Gasteiger partial charge on any atom is 0.323 e. The Kier molecular flexibility index (Phi) is 4.25. The number of ether oxygens (including phenoxy) is 1. The lowest BCUT2D eigenvalue weighted by molar-refractivity contribution is -0.525. The van der Waals surface area contributed by atoms with Gasteiger partial charge < -0.3 is 4.74 Å². The van der Waals surface area contributed by atoms with Gasteiger partial charge in [0.05, 0.1) is 19.1 Å². The number of rotatable bonds is 3. The zero-order chi connectivity index (χ0) is 14.9. The molecule has 1 aliphatic rings. The van der Waals surface area contributed by atoms with Gasteiger partial charge in [0.1, 0.15) is 6.04 Å². The quantitative estimate of drug-likeness (QED) is 0.521. The minimum Gasteiger partial charge on any atom is -0.468 e. The van der Waals surface area contributed by atoms with Crippen molar-refractivity contribution < 1.29 is 14.5 Å². The number of esters is 1. The van der Waals surface area contributed by atoms with Crippen molar-refractivity contribution in [2.45, 2.75) is 31.0 Å².